The summed E-state index contributed by atoms with van der Waals surface area (Å²) < 4.78 is 45.5. The van der Waals surface area contributed by atoms with E-state index in [4.69, 9.17) is 0 Å². The van der Waals surface area contributed by atoms with Crippen molar-refractivity contribution >= 4 is 20.9 Å². The van der Waals surface area contributed by atoms with E-state index in [-0.39, 0.29) is 28.1 Å². The van der Waals surface area contributed by atoms with Gasteiger partial charge in [0.15, 0.2) is 5.03 Å². The minimum atomic E-state index is -3.71. The average Bonchev–Trinajstić information content (AvgIpc) is 3.34. The molecule has 3 aromatic carbocycles. The lowest BCUT2D eigenvalue weighted by Crippen LogP contribution is -2.35. The van der Waals surface area contributed by atoms with Crippen LogP contribution in [-0.4, -0.2) is 45.4 Å². The summed E-state index contributed by atoms with van der Waals surface area (Å²) >= 11 is 0. The van der Waals surface area contributed by atoms with E-state index < -0.39 is 10.0 Å². The Morgan fingerprint density at radius 2 is 1.79 bits per heavy atom. The second-order valence-corrected chi connectivity index (χ2v) is 12.3. The molecule has 3 atom stereocenters. The highest BCUT2D eigenvalue weighted by Gasteiger charge is 2.71. The summed E-state index contributed by atoms with van der Waals surface area (Å²) in [6.45, 7) is 2.93. The summed E-state index contributed by atoms with van der Waals surface area (Å²) in [4.78, 5) is 0. The van der Waals surface area contributed by atoms with Gasteiger partial charge in [-0.05, 0) is 72.0 Å². The first-order valence-corrected chi connectivity index (χ1v) is 14.0. The van der Waals surface area contributed by atoms with Crippen molar-refractivity contribution < 1.29 is 12.8 Å². The van der Waals surface area contributed by atoms with Crippen molar-refractivity contribution in [2.24, 2.45) is 13.0 Å². The number of benzene rings is 3. The fourth-order valence-corrected chi connectivity index (χ4v) is 8.01. The maximum absolute atomic E-state index is 13.5. The molecule has 0 bridgehead atoms. The van der Waals surface area contributed by atoms with Crippen LogP contribution < -0.4 is 0 Å². The van der Waals surface area contributed by atoms with E-state index in [1.807, 2.05) is 29.1 Å². The van der Waals surface area contributed by atoms with Gasteiger partial charge in [0.05, 0.1) is 17.4 Å². The van der Waals surface area contributed by atoms with Crippen LogP contribution in [0, 0.1) is 18.7 Å². The van der Waals surface area contributed by atoms with Crippen molar-refractivity contribution in [3.8, 4) is 5.69 Å². The zero-order valence-electron chi connectivity index (χ0n) is 21.0. The van der Waals surface area contributed by atoms with Crippen molar-refractivity contribution in [2.45, 2.75) is 23.3 Å². The summed E-state index contributed by atoms with van der Waals surface area (Å²) in [5.74, 6) is 0.0924. The topological polar surface area (TPSA) is 73.0 Å². The van der Waals surface area contributed by atoms with E-state index in [1.165, 1.54) is 22.4 Å². The molecule has 0 unspecified atom stereocenters. The van der Waals surface area contributed by atoms with E-state index in [0.717, 1.165) is 27.7 Å². The fraction of sp³-hybridized carbons (Fsp3) is 0.241. The lowest BCUT2D eigenvalue weighted by molar-refractivity contribution is 0.418. The van der Waals surface area contributed by atoms with Crippen molar-refractivity contribution in [1.29, 1.82) is 0 Å². The molecule has 0 amide bonds. The summed E-state index contributed by atoms with van der Waals surface area (Å²) in [6.07, 6.45) is 3.48. The number of fused-ring (bicyclic) bond motifs is 2. The summed E-state index contributed by atoms with van der Waals surface area (Å²) in [5, 5.41) is 9.83. The van der Waals surface area contributed by atoms with Crippen LogP contribution in [0.15, 0.2) is 90.2 Å². The molecular weight excluding hydrogens is 501 g/mol. The van der Waals surface area contributed by atoms with Gasteiger partial charge in [0.25, 0.3) is 10.0 Å². The summed E-state index contributed by atoms with van der Waals surface area (Å²) in [6, 6.07) is 22.5. The second-order valence-electron chi connectivity index (χ2n) is 10.4. The molecule has 0 N–H and O–H groups in total. The van der Waals surface area contributed by atoms with Crippen LogP contribution in [-0.2, 0) is 22.5 Å². The van der Waals surface area contributed by atoms with Crippen molar-refractivity contribution in [1.82, 2.24) is 23.9 Å². The molecule has 38 heavy (non-hydrogen) atoms. The molecule has 1 aliphatic carbocycles. The molecular formula is C29H26FN5O2S. The van der Waals surface area contributed by atoms with Crippen LogP contribution in [0.5, 0.6) is 0 Å². The fourth-order valence-electron chi connectivity index (χ4n) is 6.54. The van der Waals surface area contributed by atoms with E-state index in [9.17, 15) is 12.8 Å². The van der Waals surface area contributed by atoms with E-state index in [1.54, 1.807) is 35.7 Å². The third-order valence-electron chi connectivity index (χ3n) is 8.29. The number of nitrogens with zero attached hydrogens (tertiary/aromatic N) is 5. The molecule has 5 aromatic rings. The number of aryl methyl sites for hydroxylation is 2. The van der Waals surface area contributed by atoms with Crippen molar-refractivity contribution in [2.75, 3.05) is 13.1 Å². The Balaban J connectivity index is 1.33. The Morgan fingerprint density at radius 3 is 2.50 bits per heavy atom. The predicted octanol–water partition coefficient (Wildman–Crippen LogP) is 4.56. The van der Waals surface area contributed by atoms with Gasteiger partial charge in [-0.1, -0.05) is 30.3 Å². The summed E-state index contributed by atoms with van der Waals surface area (Å²) in [7, 11) is -1.99. The predicted molar refractivity (Wildman–Crippen MR) is 142 cm³/mol. The lowest BCUT2D eigenvalue weighted by Gasteiger charge is -2.24. The first-order valence-electron chi connectivity index (χ1n) is 12.6. The molecule has 3 heterocycles. The first-order chi connectivity index (χ1) is 18.3. The van der Waals surface area contributed by atoms with Gasteiger partial charge in [0, 0.05) is 43.1 Å². The highest BCUT2D eigenvalue weighted by molar-refractivity contribution is 7.89. The molecule has 0 spiro atoms. The van der Waals surface area contributed by atoms with Crippen LogP contribution in [0.3, 0.4) is 0 Å². The van der Waals surface area contributed by atoms with Gasteiger partial charge >= 0.3 is 0 Å². The Bertz CT molecular complexity index is 1800. The maximum atomic E-state index is 13.5. The van der Waals surface area contributed by atoms with Gasteiger partial charge in [-0.2, -0.15) is 14.5 Å². The van der Waals surface area contributed by atoms with Gasteiger partial charge < -0.3 is 0 Å². The number of hydrogen-bond acceptors (Lipinski definition) is 4. The Morgan fingerprint density at radius 1 is 1.03 bits per heavy atom. The molecule has 9 heteroatoms. The third kappa shape index (κ3) is 3.31. The highest BCUT2D eigenvalue weighted by atomic mass is 32.2. The smallest absolute Gasteiger partial charge is 0.262 e. The normalized spacial score (nSPS) is 23.1. The van der Waals surface area contributed by atoms with E-state index >= 15 is 0 Å². The quantitative estimate of drug-likeness (QED) is 0.336. The van der Waals surface area contributed by atoms with Crippen LogP contribution >= 0.6 is 0 Å². The molecule has 1 saturated heterocycles. The molecule has 1 aliphatic heterocycles. The molecule has 2 fully saturated rings. The zero-order valence-corrected chi connectivity index (χ0v) is 21.8. The number of aromatic nitrogens is 4. The molecule has 2 aliphatic rings. The van der Waals surface area contributed by atoms with Crippen LogP contribution in [0.2, 0.25) is 0 Å². The number of piperidine rings is 1. The van der Waals surface area contributed by atoms with Gasteiger partial charge in [0.1, 0.15) is 5.82 Å². The van der Waals surface area contributed by atoms with E-state index in [2.05, 4.69) is 41.4 Å². The molecule has 1 saturated carbocycles. The van der Waals surface area contributed by atoms with Crippen LogP contribution in [0.1, 0.15) is 22.6 Å². The third-order valence-corrected chi connectivity index (χ3v) is 9.99. The molecule has 7 nitrogen and oxygen atoms in total. The van der Waals surface area contributed by atoms with Crippen LogP contribution in [0.25, 0.3) is 16.6 Å². The Labute approximate surface area is 220 Å². The van der Waals surface area contributed by atoms with Crippen molar-refractivity contribution in [3.63, 3.8) is 0 Å². The standard InChI is InChI=1S/C29H26FN5O2S/c1-19-14-26-21(16-31-35(26)23-10-8-22(30)9-11-23)15-24(19)29-18-34(38(36,37)27-12-13-33(2)32-27)17-25(29)28(29)20-6-4-3-5-7-20/h3-16,25,28H,17-18H2,1-2H3/t25-,28-,29+/m1/s1. The average molecular weight is 528 g/mol. The minimum absolute atomic E-state index is 0.0838. The van der Waals surface area contributed by atoms with Crippen LogP contribution in [0.4, 0.5) is 4.39 Å². The van der Waals surface area contributed by atoms with Gasteiger partial charge in [0.2, 0.25) is 0 Å². The van der Waals surface area contributed by atoms with Gasteiger partial charge in [-0.3, -0.25) is 4.68 Å². The van der Waals surface area contributed by atoms with Crippen molar-refractivity contribution in [3.05, 3.63) is 108 Å². The SMILES string of the molecule is Cc1cc2c(cnn2-c2ccc(F)cc2)cc1[C@@]12CN(S(=O)(=O)c3ccn(C)n3)C[C@@H]1[C@H]2c1ccccc1. The monoisotopic (exact) mass is 527 g/mol. The largest absolute Gasteiger partial charge is 0.274 e. The summed E-state index contributed by atoms with van der Waals surface area (Å²) in [5.41, 5.74) is 4.85. The number of sulfonamides is 1. The molecule has 192 valence electrons. The number of halogens is 1. The highest BCUT2D eigenvalue weighted by Crippen LogP contribution is 2.70. The number of hydrogen-bond donors (Lipinski definition) is 0. The lowest BCUT2D eigenvalue weighted by atomic mass is 9.87. The zero-order chi connectivity index (χ0) is 26.2. The van der Waals surface area contributed by atoms with Gasteiger partial charge in [-0.25, -0.2) is 17.5 Å². The van der Waals surface area contributed by atoms with Gasteiger partial charge in [-0.15, -0.1) is 0 Å². The Hall–Kier alpha value is -3.82. The number of rotatable bonds is 5. The minimum Gasteiger partial charge on any atom is -0.274 e. The maximum Gasteiger partial charge on any atom is 0.262 e. The molecule has 0 radical (unpaired) electrons. The molecule has 7 rings (SSSR count). The first kappa shape index (κ1) is 23.3. The van der Waals surface area contributed by atoms with E-state index in [0.29, 0.717) is 13.1 Å². The second kappa shape index (κ2) is 8.09. The molecule has 2 aromatic heterocycles. The Kier molecular flexibility index (Phi) is 4.96.